The predicted molar refractivity (Wildman–Crippen MR) is 72.1 cm³/mol. The molecule has 3 rings (SSSR count). The molecule has 2 bridgehead atoms. The molecule has 2 aliphatic heterocycles. The molecule has 0 aromatic carbocycles. The molecule has 0 radical (unpaired) electrons. The minimum atomic E-state index is 0.852. The highest BCUT2D eigenvalue weighted by atomic mass is 15.1. The van der Waals surface area contributed by atoms with Crippen LogP contribution in [0.4, 0.5) is 0 Å². The van der Waals surface area contributed by atoms with Crippen LogP contribution < -0.4 is 5.32 Å². The highest BCUT2D eigenvalue weighted by Gasteiger charge is 2.39. The van der Waals surface area contributed by atoms with E-state index in [2.05, 4.69) is 24.2 Å². The summed E-state index contributed by atoms with van der Waals surface area (Å²) < 4.78 is 0. The Morgan fingerprint density at radius 3 is 2.41 bits per heavy atom. The molecule has 0 spiro atoms. The SMILES string of the molecule is CC1CCC(N(C)CC2CC3CCC2N3)CC1. The van der Waals surface area contributed by atoms with Gasteiger partial charge in [-0.1, -0.05) is 6.92 Å². The van der Waals surface area contributed by atoms with Gasteiger partial charge in [-0.05, 0) is 63.8 Å². The quantitative estimate of drug-likeness (QED) is 0.810. The molecule has 3 fully saturated rings. The first-order chi connectivity index (χ1) is 8.22. The van der Waals surface area contributed by atoms with E-state index in [9.17, 15) is 0 Å². The Hall–Kier alpha value is -0.0800. The minimum Gasteiger partial charge on any atom is -0.311 e. The average Bonchev–Trinajstić information content (AvgIpc) is 2.91. The summed E-state index contributed by atoms with van der Waals surface area (Å²) in [5.74, 6) is 1.92. The van der Waals surface area contributed by atoms with Crippen molar-refractivity contribution < 1.29 is 0 Å². The molecular weight excluding hydrogens is 208 g/mol. The van der Waals surface area contributed by atoms with Crippen molar-refractivity contribution in [2.45, 2.75) is 70.0 Å². The number of hydrogen-bond acceptors (Lipinski definition) is 2. The fraction of sp³-hybridized carbons (Fsp3) is 1.00. The van der Waals surface area contributed by atoms with E-state index in [0.717, 1.165) is 30.0 Å². The van der Waals surface area contributed by atoms with Crippen molar-refractivity contribution in [1.82, 2.24) is 10.2 Å². The number of rotatable bonds is 3. The second-order valence-corrected chi connectivity index (χ2v) is 6.90. The van der Waals surface area contributed by atoms with Gasteiger partial charge in [0, 0.05) is 24.7 Å². The number of hydrogen-bond donors (Lipinski definition) is 1. The third-order valence-corrected chi connectivity index (χ3v) is 5.56. The Morgan fingerprint density at radius 1 is 1.06 bits per heavy atom. The normalized spacial score (nSPS) is 45.7. The third-order valence-electron chi connectivity index (χ3n) is 5.56. The molecule has 1 N–H and O–H groups in total. The lowest BCUT2D eigenvalue weighted by Gasteiger charge is -2.36. The Kier molecular flexibility index (Phi) is 3.45. The first-order valence-electron chi connectivity index (χ1n) is 7.68. The summed E-state index contributed by atoms with van der Waals surface area (Å²) >= 11 is 0. The van der Waals surface area contributed by atoms with Gasteiger partial charge in [-0.2, -0.15) is 0 Å². The van der Waals surface area contributed by atoms with Crippen molar-refractivity contribution in [2.75, 3.05) is 13.6 Å². The average molecular weight is 236 g/mol. The zero-order valence-electron chi connectivity index (χ0n) is 11.5. The summed E-state index contributed by atoms with van der Waals surface area (Å²) in [4.78, 5) is 2.68. The van der Waals surface area contributed by atoms with E-state index >= 15 is 0 Å². The summed E-state index contributed by atoms with van der Waals surface area (Å²) in [5, 5.41) is 3.77. The van der Waals surface area contributed by atoms with Crippen LogP contribution >= 0.6 is 0 Å². The summed E-state index contributed by atoms with van der Waals surface area (Å²) in [6.45, 7) is 3.75. The van der Waals surface area contributed by atoms with Crippen LogP contribution in [0.25, 0.3) is 0 Å². The third kappa shape index (κ3) is 2.53. The Morgan fingerprint density at radius 2 is 1.82 bits per heavy atom. The van der Waals surface area contributed by atoms with Crippen molar-refractivity contribution in [2.24, 2.45) is 11.8 Å². The van der Waals surface area contributed by atoms with Gasteiger partial charge in [-0.15, -0.1) is 0 Å². The molecule has 3 unspecified atom stereocenters. The molecule has 0 aromatic rings. The van der Waals surface area contributed by atoms with Gasteiger partial charge in [0.05, 0.1) is 0 Å². The van der Waals surface area contributed by atoms with Crippen LogP contribution in [0.1, 0.15) is 51.9 Å². The zero-order chi connectivity index (χ0) is 11.8. The van der Waals surface area contributed by atoms with Gasteiger partial charge in [-0.25, -0.2) is 0 Å². The standard InChI is InChI=1S/C15H28N2/c1-11-3-6-14(7-4-11)17(2)10-12-9-13-5-8-15(12)16-13/h11-16H,3-10H2,1-2H3. The molecule has 2 heteroatoms. The molecule has 1 saturated carbocycles. The maximum atomic E-state index is 3.77. The van der Waals surface area contributed by atoms with E-state index < -0.39 is 0 Å². The summed E-state index contributed by atoms with van der Waals surface area (Å²) in [7, 11) is 2.37. The molecule has 2 saturated heterocycles. The second-order valence-electron chi connectivity index (χ2n) is 6.90. The predicted octanol–water partition coefficient (Wildman–Crippen LogP) is 2.64. The van der Waals surface area contributed by atoms with Gasteiger partial charge in [0.1, 0.15) is 0 Å². The number of fused-ring (bicyclic) bond motifs is 2. The Labute approximate surface area is 106 Å². The first-order valence-corrected chi connectivity index (χ1v) is 7.68. The van der Waals surface area contributed by atoms with Crippen LogP contribution in [0, 0.1) is 11.8 Å². The number of nitrogens with one attached hydrogen (secondary N) is 1. The van der Waals surface area contributed by atoms with E-state index in [1.54, 1.807) is 0 Å². The summed E-state index contributed by atoms with van der Waals surface area (Å²) in [5.41, 5.74) is 0. The second kappa shape index (κ2) is 4.89. The van der Waals surface area contributed by atoms with E-state index in [4.69, 9.17) is 0 Å². The Bertz CT molecular complexity index is 258. The molecule has 1 aliphatic carbocycles. The highest BCUT2D eigenvalue weighted by molar-refractivity contribution is 4.98. The lowest BCUT2D eigenvalue weighted by atomic mass is 9.85. The lowest BCUT2D eigenvalue weighted by molar-refractivity contribution is 0.141. The fourth-order valence-electron chi connectivity index (χ4n) is 4.34. The molecular formula is C15H28N2. The van der Waals surface area contributed by atoms with Crippen LogP contribution in [-0.2, 0) is 0 Å². The van der Waals surface area contributed by atoms with Crippen LogP contribution in [-0.4, -0.2) is 36.6 Å². The van der Waals surface area contributed by atoms with E-state index in [-0.39, 0.29) is 0 Å². The molecule has 0 aromatic heterocycles. The number of nitrogens with zero attached hydrogens (tertiary/aromatic N) is 1. The fourth-order valence-corrected chi connectivity index (χ4v) is 4.34. The molecule has 3 aliphatic rings. The highest BCUT2D eigenvalue weighted by Crippen LogP contribution is 2.35. The van der Waals surface area contributed by atoms with Gasteiger partial charge in [-0.3, -0.25) is 0 Å². The topological polar surface area (TPSA) is 15.3 Å². The van der Waals surface area contributed by atoms with Crippen LogP contribution in [0.15, 0.2) is 0 Å². The molecule has 98 valence electrons. The van der Waals surface area contributed by atoms with Crippen molar-refractivity contribution in [3.8, 4) is 0 Å². The van der Waals surface area contributed by atoms with E-state index in [1.807, 2.05) is 0 Å². The smallest absolute Gasteiger partial charge is 0.0111 e. The summed E-state index contributed by atoms with van der Waals surface area (Å²) in [6.07, 6.45) is 10.1. The van der Waals surface area contributed by atoms with Crippen molar-refractivity contribution >= 4 is 0 Å². The molecule has 3 atom stereocenters. The molecule has 0 amide bonds. The van der Waals surface area contributed by atoms with Crippen molar-refractivity contribution in [3.05, 3.63) is 0 Å². The monoisotopic (exact) mass is 236 g/mol. The maximum Gasteiger partial charge on any atom is 0.0111 e. The largest absolute Gasteiger partial charge is 0.311 e. The van der Waals surface area contributed by atoms with Crippen LogP contribution in [0.2, 0.25) is 0 Å². The summed E-state index contributed by atoms with van der Waals surface area (Å²) in [6, 6.07) is 2.60. The molecule has 17 heavy (non-hydrogen) atoms. The van der Waals surface area contributed by atoms with Gasteiger partial charge >= 0.3 is 0 Å². The maximum absolute atomic E-state index is 3.77. The van der Waals surface area contributed by atoms with Gasteiger partial charge < -0.3 is 10.2 Å². The first kappa shape index (κ1) is 12.0. The van der Waals surface area contributed by atoms with Gasteiger partial charge in [0.15, 0.2) is 0 Å². The lowest BCUT2D eigenvalue weighted by Crippen LogP contribution is -2.40. The molecule has 2 heterocycles. The van der Waals surface area contributed by atoms with E-state index in [1.165, 1.54) is 51.5 Å². The van der Waals surface area contributed by atoms with Gasteiger partial charge in [0.25, 0.3) is 0 Å². The van der Waals surface area contributed by atoms with Crippen LogP contribution in [0.3, 0.4) is 0 Å². The van der Waals surface area contributed by atoms with Crippen molar-refractivity contribution in [3.63, 3.8) is 0 Å². The van der Waals surface area contributed by atoms with Crippen LogP contribution in [0.5, 0.6) is 0 Å². The van der Waals surface area contributed by atoms with Gasteiger partial charge in [0.2, 0.25) is 0 Å². The zero-order valence-corrected chi connectivity index (χ0v) is 11.5. The van der Waals surface area contributed by atoms with Crippen molar-refractivity contribution in [1.29, 1.82) is 0 Å². The van der Waals surface area contributed by atoms with E-state index in [0.29, 0.717) is 0 Å². The minimum absolute atomic E-state index is 0.852. The Balaban J connectivity index is 1.48. The molecule has 2 nitrogen and oxygen atoms in total.